The van der Waals surface area contributed by atoms with Gasteiger partial charge in [0.1, 0.15) is 4.70 Å². The highest BCUT2D eigenvalue weighted by atomic mass is 35.5. The molecule has 0 spiro atoms. The van der Waals surface area contributed by atoms with Crippen molar-refractivity contribution >= 4 is 56.5 Å². The summed E-state index contributed by atoms with van der Waals surface area (Å²) in [4.78, 5) is 29.9. The Morgan fingerprint density at radius 3 is 2.73 bits per heavy atom. The van der Waals surface area contributed by atoms with Crippen LogP contribution in [0.2, 0.25) is 5.02 Å². The van der Waals surface area contributed by atoms with E-state index < -0.39 is 0 Å². The van der Waals surface area contributed by atoms with E-state index in [0.29, 0.717) is 26.1 Å². The molecule has 8 heteroatoms. The van der Waals surface area contributed by atoms with Crippen LogP contribution in [0.1, 0.15) is 5.56 Å². The third kappa shape index (κ3) is 4.14. The Balaban J connectivity index is 1.59. The third-order valence-electron chi connectivity index (χ3n) is 4.57. The minimum absolute atomic E-state index is 0.112. The minimum Gasteiger partial charge on any atom is -0.324 e. The Bertz CT molecular complexity index is 1300. The lowest BCUT2D eigenvalue weighted by Gasteiger charge is -2.10. The summed E-state index contributed by atoms with van der Waals surface area (Å²) in [6, 6.07) is 15.3. The second-order valence-electron chi connectivity index (χ2n) is 6.77. The van der Waals surface area contributed by atoms with Gasteiger partial charge in [0.2, 0.25) is 5.91 Å². The molecule has 0 aliphatic heterocycles. The van der Waals surface area contributed by atoms with Crippen LogP contribution in [0.15, 0.2) is 63.9 Å². The molecule has 0 bridgehead atoms. The van der Waals surface area contributed by atoms with E-state index in [9.17, 15) is 9.59 Å². The number of thioether (sulfide) groups is 1. The van der Waals surface area contributed by atoms with Crippen LogP contribution in [0.3, 0.4) is 0 Å². The van der Waals surface area contributed by atoms with E-state index in [4.69, 9.17) is 16.6 Å². The van der Waals surface area contributed by atoms with Gasteiger partial charge in [-0.3, -0.25) is 14.2 Å². The highest BCUT2D eigenvalue weighted by Crippen LogP contribution is 2.32. The van der Waals surface area contributed by atoms with Gasteiger partial charge in [-0.1, -0.05) is 59.8 Å². The van der Waals surface area contributed by atoms with Crippen molar-refractivity contribution in [2.75, 3.05) is 11.1 Å². The SMILES string of the molecule is Cc1ccc(NC(=O)CSc2nc3c(-c4ccccc4)csc3c(=O)n2C)c(Cl)c1. The molecule has 2 aromatic carbocycles. The van der Waals surface area contributed by atoms with Crippen molar-refractivity contribution in [2.45, 2.75) is 12.1 Å². The van der Waals surface area contributed by atoms with Crippen LogP contribution < -0.4 is 10.9 Å². The number of hydrogen-bond acceptors (Lipinski definition) is 5. The van der Waals surface area contributed by atoms with Gasteiger partial charge in [-0.05, 0) is 30.2 Å². The zero-order valence-corrected chi connectivity index (χ0v) is 18.7. The smallest absolute Gasteiger partial charge is 0.271 e. The van der Waals surface area contributed by atoms with E-state index >= 15 is 0 Å². The number of thiophene rings is 1. The fourth-order valence-corrected chi connectivity index (χ4v) is 5.05. The van der Waals surface area contributed by atoms with Crippen molar-refractivity contribution in [1.82, 2.24) is 9.55 Å². The van der Waals surface area contributed by atoms with Crippen LogP contribution in [0.25, 0.3) is 21.3 Å². The number of carbonyl (C=O) groups excluding carboxylic acids is 1. The van der Waals surface area contributed by atoms with Gasteiger partial charge in [0.05, 0.1) is 22.0 Å². The minimum atomic E-state index is -0.214. The summed E-state index contributed by atoms with van der Waals surface area (Å²) in [5.74, 6) is -0.102. The Morgan fingerprint density at radius 2 is 2.00 bits per heavy atom. The van der Waals surface area contributed by atoms with E-state index in [1.165, 1.54) is 27.7 Å². The number of carbonyl (C=O) groups is 1. The molecular weight excluding hydrogens is 438 g/mol. The van der Waals surface area contributed by atoms with E-state index in [1.54, 1.807) is 19.2 Å². The summed E-state index contributed by atoms with van der Waals surface area (Å²) in [6.07, 6.45) is 0. The number of anilines is 1. The molecule has 152 valence electrons. The average molecular weight is 456 g/mol. The lowest BCUT2D eigenvalue weighted by Crippen LogP contribution is -2.20. The van der Waals surface area contributed by atoms with E-state index in [-0.39, 0.29) is 17.2 Å². The predicted octanol–water partition coefficient (Wildman–Crippen LogP) is 5.35. The average Bonchev–Trinajstić information content (AvgIpc) is 3.16. The molecule has 1 amide bonds. The normalized spacial score (nSPS) is 11.0. The monoisotopic (exact) mass is 455 g/mol. The molecule has 2 heterocycles. The van der Waals surface area contributed by atoms with Gasteiger partial charge >= 0.3 is 0 Å². The molecule has 0 saturated heterocycles. The van der Waals surface area contributed by atoms with Gasteiger partial charge < -0.3 is 5.32 Å². The van der Waals surface area contributed by atoms with E-state index in [1.807, 2.05) is 48.7 Å². The maximum Gasteiger partial charge on any atom is 0.271 e. The number of fused-ring (bicyclic) bond motifs is 1. The number of nitrogens with one attached hydrogen (secondary N) is 1. The van der Waals surface area contributed by atoms with Crippen LogP contribution in [0.4, 0.5) is 5.69 Å². The molecule has 0 unspecified atom stereocenters. The summed E-state index contributed by atoms with van der Waals surface area (Å²) in [7, 11) is 1.67. The van der Waals surface area contributed by atoms with Crippen molar-refractivity contribution in [3.8, 4) is 11.1 Å². The van der Waals surface area contributed by atoms with Gasteiger partial charge in [-0.15, -0.1) is 11.3 Å². The summed E-state index contributed by atoms with van der Waals surface area (Å²) in [6.45, 7) is 1.93. The number of nitrogens with zero attached hydrogens (tertiary/aromatic N) is 2. The maximum absolute atomic E-state index is 12.8. The van der Waals surface area contributed by atoms with Crippen LogP contribution >= 0.6 is 34.7 Å². The highest BCUT2D eigenvalue weighted by Gasteiger charge is 2.16. The molecule has 0 atom stereocenters. The second-order valence-corrected chi connectivity index (χ2v) is 9.00. The zero-order chi connectivity index (χ0) is 21.3. The first-order valence-corrected chi connectivity index (χ1v) is 11.4. The van der Waals surface area contributed by atoms with Gasteiger partial charge in [0.25, 0.3) is 5.56 Å². The maximum atomic E-state index is 12.8. The first-order chi connectivity index (χ1) is 14.4. The van der Waals surface area contributed by atoms with Gasteiger partial charge in [-0.25, -0.2) is 4.98 Å². The highest BCUT2D eigenvalue weighted by molar-refractivity contribution is 7.99. The van der Waals surface area contributed by atoms with Gasteiger partial charge in [-0.2, -0.15) is 0 Å². The Kier molecular flexibility index (Phi) is 5.94. The molecular formula is C22H18ClN3O2S2. The molecule has 5 nitrogen and oxygen atoms in total. The number of rotatable bonds is 5. The Morgan fingerprint density at radius 1 is 1.23 bits per heavy atom. The summed E-state index contributed by atoms with van der Waals surface area (Å²) < 4.78 is 2.10. The lowest BCUT2D eigenvalue weighted by atomic mass is 10.1. The molecule has 30 heavy (non-hydrogen) atoms. The Hall–Kier alpha value is -2.61. The number of aryl methyl sites for hydroxylation is 1. The second kappa shape index (κ2) is 8.63. The molecule has 1 N–H and O–H groups in total. The fourth-order valence-electron chi connectivity index (χ4n) is 3.01. The van der Waals surface area contributed by atoms with Crippen LogP contribution in [0.5, 0.6) is 0 Å². The quantitative estimate of drug-likeness (QED) is 0.325. The molecule has 0 radical (unpaired) electrons. The van der Waals surface area contributed by atoms with Crippen molar-refractivity contribution in [3.05, 3.63) is 74.9 Å². The summed E-state index contributed by atoms with van der Waals surface area (Å²) in [5.41, 5.74) is 4.06. The fraction of sp³-hybridized carbons (Fsp3) is 0.136. The van der Waals surface area contributed by atoms with E-state index in [2.05, 4.69) is 5.32 Å². The molecule has 0 aliphatic rings. The van der Waals surface area contributed by atoms with Crippen LogP contribution in [0, 0.1) is 6.92 Å². The van der Waals surface area contributed by atoms with Crippen molar-refractivity contribution < 1.29 is 4.79 Å². The Labute approximate surface area is 186 Å². The molecule has 4 rings (SSSR count). The standard InChI is InChI=1S/C22H18ClN3O2S2/c1-13-8-9-17(16(23)10-13)24-18(27)12-30-22-25-19-15(14-6-4-3-5-7-14)11-29-20(19)21(28)26(22)2/h3-11H,12H2,1-2H3,(H,24,27). The molecule has 0 fully saturated rings. The molecule has 0 saturated carbocycles. The lowest BCUT2D eigenvalue weighted by molar-refractivity contribution is -0.113. The van der Waals surface area contributed by atoms with Crippen LogP contribution in [-0.2, 0) is 11.8 Å². The van der Waals surface area contributed by atoms with Crippen LogP contribution in [-0.4, -0.2) is 21.2 Å². The zero-order valence-electron chi connectivity index (χ0n) is 16.3. The van der Waals surface area contributed by atoms with Crippen molar-refractivity contribution in [3.63, 3.8) is 0 Å². The molecule has 4 aromatic rings. The number of amides is 1. The first-order valence-electron chi connectivity index (χ1n) is 9.16. The number of hydrogen-bond donors (Lipinski definition) is 1. The number of aromatic nitrogens is 2. The van der Waals surface area contributed by atoms with Crippen molar-refractivity contribution in [2.24, 2.45) is 7.05 Å². The predicted molar refractivity (Wildman–Crippen MR) is 126 cm³/mol. The van der Waals surface area contributed by atoms with Gasteiger partial charge in [0.15, 0.2) is 5.16 Å². The third-order valence-corrected chi connectivity index (χ3v) is 6.87. The summed E-state index contributed by atoms with van der Waals surface area (Å²) >= 11 is 8.80. The largest absolute Gasteiger partial charge is 0.324 e. The van der Waals surface area contributed by atoms with Crippen molar-refractivity contribution in [1.29, 1.82) is 0 Å². The topological polar surface area (TPSA) is 64.0 Å². The molecule has 0 aliphatic carbocycles. The van der Waals surface area contributed by atoms with E-state index in [0.717, 1.165) is 16.7 Å². The molecule has 2 aromatic heterocycles. The number of halogens is 1. The summed E-state index contributed by atoms with van der Waals surface area (Å²) in [5, 5.41) is 5.75. The number of benzene rings is 2. The van der Waals surface area contributed by atoms with Gasteiger partial charge in [0, 0.05) is 18.0 Å². The first kappa shape index (κ1) is 20.7.